The second-order valence-electron chi connectivity index (χ2n) is 2.85. The molecule has 0 heterocycles. The van der Waals surface area contributed by atoms with Crippen LogP contribution < -0.4 is 0 Å². The Balaban J connectivity index is 3.37. The SMILES string of the molecule is Cc1cc(C(F)(F)F)cc(C=O)c1O. The lowest BCUT2D eigenvalue weighted by molar-refractivity contribution is -0.137. The van der Waals surface area contributed by atoms with Crippen molar-refractivity contribution in [2.75, 3.05) is 0 Å². The summed E-state index contributed by atoms with van der Waals surface area (Å²) in [6, 6.07) is 1.41. The van der Waals surface area contributed by atoms with Crippen LogP contribution in [0.3, 0.4) is 0 Å². The molecule has 1 rings (SSSR count). The van der Waals surface area contributed by atoms with Gasteiger partial charge in [0.1, 0.15) is 5.75 Å². The molecule has 0 amide bonds. The van der Waals surface area contributed by atoms with Crippen molar-refractivity contribution in [3.63, 3.8) is 0 Å². The molecule has 1 N–H and O–H groups in total. The number of carbonyl (C=O) groups excluding carboxylic acids is 1. The first-order chi connectivity index (χ1) is 6.36. The zero-order valence-corrected chi connectivity index (χ0v) is 7.22. The molecule has 0 aliphatic carbocycles. The number of aromatic hydroxyl groups is 1. The van der Waals surface area contributed by atoms with Gasteiger partial charge in [0.2, 0.25) is 0 Å². The number of rotatable bonds is 1. The van der Waals surface area contributed by atoms with E-state index in [0.717, 1.165) is 6.07 Å². The highest BCUT2D eigenvalue weighted by Gasteiger charge is 2.31. The molecular formula is C9H7F3O2. The van der Waals surface area contributed by atoms with Crippen molar-refractivity contribution in [2.45, 2.75) is 13.1 Å². The van der Waals surface area contributed by atoms with E-state index < -0.39 is 17.5 Å². The number of alkyl halides is 3. The second kappa shape index (κ2) is 3.32. The highest BCUT2D eigenvalue weighted by Crippen LogP contribution is 2.33. The minimum absolute atomic E-state index is 0.0296. The first-order valence-electron chi connectivity index (χ1n) is 3.72. The van der Waals surface area contributed by atoms with Crippen LogP contribution in [0, 0.1) is 6.92 Å². The van der Waals surface area contributed by atoms with Gasteiger partial charge in [-0.25, -0.2) is 0 Å². The van der Waals surface area contributed by atoms with E-state index >= 15 is 0 Å². The van der Waals surface area contributed by atoms with Gasteiger partial charge >= 0.3 is 6.18 Å². The van der Waals surface area contributed by atoms with Crippen LogP contribution in [0.25, 0.3) is 0 Å². The Labute approximate surface area is 78.0 Å². The molecule has 0 aliphatic heterocycles. The lowest BCUT2D eigenvalue weighted by Gasteiger charge is -2.09. The Bertz CT molecular complexity index is 369. The normalized spacial score (nSPS) is 11.4. The van der Waals surface area contributed by atoms with Crippen LogP contribution in [0.2, 0.25) is 0 Å². The molecule has 5 heteroatoms. The summed E-state index contributed by atoms with van der Waals surface area (Å²) in [6.45, 7) is 1.30. The molecular weight excluding hydrogens is 197 g/mol. The average molecular weight is 204 g/mol. The van der Waals surface area contributed by atoms with E-state index in [2.05, 4.69) is 0 Å². The molecule has 0 saturated carbocycles. The lowest BCUT2D eigenvalue weighted by Crippen LogP contribution is -2.06. The minimum atomic E-state index is -4.50. The van der Waals surface area contributed by atoms with Crippen LogP contribution in [0.5, 0.6) is 5.75 Å². The third-order valence-electron chi connectivity index (χ3n) is 1.78. The van der Waals surface area contributed by atoms with Gasteiger partial charge in [0.15, 0.2) is 6.29 Å². The van der Waals surface area contributed by atoms with Crippen LogP contribution >= 0.6 is 0 Å². The molecule has 0 aliphatic rings. The van der Waals surface area contributed by atoms with Crippen molar-refractivity contribution in [3.05, 3.63) is 28.8 Å². The number of hydrogen-bond donors (Lipinski definition) is 1. The summed E-state index contributed by atoms with van der Waals surface area (Å²) >= 11 is 0. The predicted octanol–water partition coefficient (Wildman–Crippen LogP) is 2.53. The van der Waals surface area contributed by atoms with Crippen LogP contribution in [0.1, 0.15) is 21.5 Å². The molecule has 14 heavy (non-hydrogen) atoms. The second-order valence-corrected chi connectivity index (χ2v) is 2.85. The van der Waals surface area contributed by atoms with Crippen molar-refractivity contribution in [1.82, 2.24) is 0 Å². The maximum Gasteiger partial charge on any atom is 0.416 e. The number of aryl methyl sites for hydroxylation is 1. The summed E-state index contributed by atoms with van der Waals surface area (Å²) in [6.07, 6.45) is -4.31. The summed E-state index contributed by atoms with van der Waals surface area (Å²) in [5.74, 6) is -0.409. The van der Waals surface area contributed by atoms with Gasteiger partial charge in [-0.2, -0.15) is 13.2 Å². The monoisotopic (exact) mass is 204 g/mol. The number of phenolic OH excluding ortho intramolecular Hbond substituents is 1. The fourth-order valence-corrected chi connectivity index (χ4v) is 1.06. The Morgan fingerprint density at radius 3 is 2.36 bits per heavy atom. The van der Waals surface area contributed by atoms with E-state index in [0.29, 0.717) is 6.07 Å². The molecule has 0 bridgehead atoms. The summed E-state index contributed by atoms with van der Waals surface area (Å²) in [7, 11) is 0. The Kier molecular flexibility index (Phi) is 2.51. The van der Waals surface area contributed by atoms with E-state index in [1.54, 1.807) is 0 Å². The van der Waals surface area contributed by atoms with Crippen molar-refractivity contribution in [1.29, 1.82) is 0 Å². The van der Waals surface area contributed by atoms with Crippen LogP contribution in [0.15, 0.2) is 12.1 Å². The van der Waals surface area contributed by atoms with E-state index in [-0.39, 0.29) is 17.4 Å². The Morgan fingerprint density at radius 2 is 1.93 bits per heavy atom. The van der Waals surface area contributed by atoms with Gasteiger partial charge in [-0.1, -0.05) is 0 Å². The van der Waals surface area contributed by atoms with E-state index in [4.69, 9.17) is 0 Å². The van der Waals surface area contributed by atoms with Gasteiger partial charge in [0.05, 0.1) is 11.1 Å². The van der Waals surface area contributed by atoms with Crippen molar-refractivity contribution in [2.24, 2.45) is 0 Å². The van der Waals surface area contributed by atoms with Crippen molar-refractivity contribution < 1.29 is 23.1 Å². The van der Waals surface area contributed by atoms with Crippen molar-refractivity contribution >= 4 is 6.29 Å². The summed E-state index contributed by atoms with van der Waals surface area (Å²) < 4.78 is 36.7. The molecule has 1 aromatic rings. The molecule has 0 fully saturated rings. The van der Waals surface area contributed by atoms with Crippen molar-refractivity contribution in [3.8, 4) is 5.75 Å². The number of phenols is 1. The van der Waals surface area contributed by atoms with Gasteiger partial charge in [-0.15, -0.1) is 0 Å². The number of aldehydes is 1. The highest BCUT2D eigenvalue weighted by atomic mass is 19.4. The molecule has 1 aromatic carbocycles. The van der Waals surface area contributed by atoms with Crippen LogP contribution in [-0.4, -0.2) is 11.4 Å². The zero-order valence-electron chi connectivity index (χ0n) is 7.22. The highest BCUT2D eigenvalue weighted by molar-refractivity contribution is 5.80. The van der Waals surface area contributed by atoms with Gasteiger partial charge in [0.25, 0.3) is 0 Å². The third kappa shape index (κ3) is 1.86. The topological polar surface area (TPSA) is 37.3 Å². The number of benzene rings is 1. The number of halogens is 3. The Morgan fingerprint density at radius 1 is 1.36 bits per heavy atom. The molecule has 0 saturated heterocycles. The molecule has 0 spiro atoms. The summed E-state index contributed by atoms with van der Waals surface area (Å²) in [5.41, 5.74) is -1.26. The van der Waals surface area contributed by atoms with Crippen LogP contribution in [0.4, 0.5) is 13.2 Å². The minimum Gasteiger partial charge on any atom is -0.507 e. The molecule has 2 nitrogen and oxygen atoms in total. The fourth-order valence-electron chi connectivity index (χ4n) is 1.06. The van der Waals surface area contributed by atoms with Crippen LogP contribution in [-0.2, 0) is 6.18 Å². The first kappa shape index (κ1) is 10.6. The smallest absolute Gasteiger partial charge is 0.416 e. The Hall–Kier alpha value is -1.52. The standard InChI is InChI=1S/C9H7F3O2/c1-5-2-7(9(10,11)12)3-6(4-13)8(5)14/h2-4,14H,1H3. The van der Waals surface area contributed by atoms with Gasteiger partial charge in [-0.05, 0) is 24.6 Å². The summed E-state index contributed by atoms with van der Waals surface area (Å²) in [5, 5.41) is 9.19. The quantitative estimate of drug-likeness (QED) is 0.713. The number of carbonyl (C=O) groups is 1. The molecule has 0 atom stereocenters. The largest absolute Gasteiger partial charge is 0.507 e. The third-order valence-corrected chi connectivity index (χ3v) is 1.78. The fraction of sp³-hybridized carbons (Fsp3) is 0.222. The molecule has 0 radical (unpaired) electrons. The zero-order chi connectivity index (χ0) is 10.9. The van der Waals surface area contributed by atoms with E-state index in [1.807, 2.05) is 0 Å². The number of hydrogen-bond acceptors (Lipinski definition) is 2. The van der Waals surface area contributed by atoms with E-state index in [9.17, 15) is 23.1 Å². The molecule has 0 aromatic heterocycles. The first-order valence-corrected chi connectivity index (χ1v) is 3.72. The van der Waals surface area contributed by atoms with Gasteiger partial charge < -0.3 is 5.11 Å². The summed E-state index contributed by atoms with van der Waals surface area (Å²) in [4.78, 5) is 10.3. The maximum absolute atomic E-state index is 12.2. The maximum atomic E-state index is 12.2. The van der Waals surface area contributed by atoms with E-state index in [1.165, 1.54) is 6.92 Å². The molecule has 76 valence electrons. The van der Waals surface area contributed by atoms with Gasteiger partial charge in [-0.3, -0.25) is 4.79 Å². The lowest BCUT2D eigenvalue weighted by atomic mass is 10.1. The average Bonchev–Trinajstić information content (AvgIpc) is 2.07. The van der Waals surface area contributed by atoms with Gasteiger partial charge in [0, 0.05) is 0 Å². The molecule has 0 unspecified atom stereocenters. The predicted molar refractivity (Wildman–Crippen MR) is 43.2 cm³/mol.